The maximum Gasteiger partial charge on any atom is 4.00 e. The van der Waals surface area contributed by atoms with Crippen LogP contribution < -0.4 is 24.8 Å². The third-order valence-corrected chi connectivity index (χ3v) is 5.04. The van der Waals surface area contributed by atoms with E-state index in [0.29, 0.717) is 0 Å². The normalized spacial score (nSPS) is 9.52. The second-order valence-electron chi connectivity index (χ2n) is 7.67. The molecule has 0 atom stereocenters. The van der Waals surface area contributed by atoms with Crippen LogP contribution in [0.2, 0.25) is 0 Å². The molecule has 0 amide bonds. The SMILES string of the molecule is CCCCc1cc[c-](CCCC)c1.CCCCc1cc[c-](CCCC)c1.[Cl-].[Cl-].[Ti+4]. The number of aryl methyl sites for hydroxylation is 4. The van der Waals surface area contributed by atoms with Crippen molar-refractivity contribution < 1.29 is 46.5 Å². The number of hydrogen-bond donors (Lipinski definition) is 0. The van der Waals surface area contributed by atoms with Gasteiger partial charge < -0.3 is 24.8 Å². The first-order chi connectivity index (χ1) is 12.7. The van der Waals surface area contributed by atoms with Gasteiger partial charge >= 0.3 is 21.7 Å². The third kappa shape index (κ3) is 16.4. The minimum absolute atomic E-state index is 0. The van der Waals surface area contributed by atoms with Crippen molar-refractivity contribution >= 4 is 0 Å². The van der Waals surface area contributed by atoms with Crippen molar-refractivity contribution in [1.82, 2.24) is 0 Å². The van der Waals surface area contributed by atoms with Gasteiger partial charge in [0.05, 0.1) is 0 Å². The van der Waals surface area contributed by atoms with Gasteiger partial charge in [0, 0.05) is 0 Å². The van der Waals surface area contributed by atoms with E-state index in [1.165, 1.54) is 99.3 Å². The van der Waals surface area contributed by atoms with Crippen molar-refractivity contribution in [1.29, 1.82) is 0 Å². The molecule has 2 aromatic rings. The van der Waals surface area contributed by atoms with Crippen LogP contribution in [-0.4, -0.2) is 0 Å². The first kappa shape index (κ1) is 33.6. The van der Waals surface area contributed by atoms with Crippen molar-refractivity contribution in [3.63, 3.8) is 0 Å². The summed E-state index contributed by atoms with van der Waals surface area (Å²) in [4.78, 5) is 0. The van der Waals surface area contributed by atoms with E-state index < -0.39 is 0 Å². The summed E-state index contributed by atoms with van der Waals surface area (Å²) in [7, 11) is 0. The maximum atomic E-state index is 2.38. The summed E-state index contributed by atoms with van der Waals surface area (Å²) in [6.45, 7) is 9.00. The summed E-state index contributed by atoms with van der Waals surface area (Å²) >= 11 is 0. The predicted molar refractivity (Wildman–Crippen MR) is 119 cm³/mol. The monoisotopic (exact) mass is 472 g/mol. The van der Waals surface area contributed by atoms with Crippen LogP contribution >= 0.6 is 0 Å². The zero-order valence-corrected chi connectivity index (χ0v) is 22.3. The Bertz CT molecular complexity index is 461. The Morgan fingerprint density at radius 3 is 1.24 bits per heavy atom. The molecule has 0 aliphatic carbocycles. The molecular weight excluding hydrogens is 431 g/mol. The molecular formula is C26H42Cl2Ti. The zero-order valence-electron chi connectivity index (χ0n) is 19.2. The van der Waals surface area contributed by atoms with Crippen LogP contribution in [0.1, 0.15) is 101 Å². The Kier molecular flexibility index (Phi) is 26.3. The Hall–Kier alpha value is -0.00571. The summed E-state index contributed by atoms with van der Waals surface area (Å²) in [5, 5.41) is 0. The van der Waals surface area contributed by atoms with Crippen molar-refractivity contribution in [3.05, 3.63) is 58.7 Å². The molecule has 0 radical (unpaired) electrons. The quantitative estimate of drug-likeness (QED) is 0.328. The molecule has 0 nitrogen and oxygen atoms in total. The van der Waals surface area contributed by atoms with Crippen LogP contribution in [0.4, 0.5) is 0 Å². The first-order valence-corrected chi connectivity index (χ1v) is 11.2. The number of hydrogen-bond acceptors (Lipinski definition) is 0. The second-order valence-corrected chi connectivity index (χ2v) is 7.67. The molecule has 0 saturated carbocycles. The van der Waals surface area contributed by atoms with Crippen molar-refractivity contribution in [2.75, 3.05) is 0 Å². The van der Waals surface area contributed by atoms with E-state index in [2.05, 4.69) is 64.1 Å². The molecule has 164 valence electrons. The molecule has 0 unspecified atom stereocenters. The molecule has 0 bridgehead atoms. The summed E-state index contributed by atoms with van der Waals surface area (Å²) in [6.07, 6.45) is 15.6. The van der Waals surface area contributed by atoms with Gasteiger partial charge in [0.1, 0.15) is 0 Å². The fourth-order valence-electron chi connectivity index (χ4n) is 3.24. The zero-order chi connectivity index (χ0) is 19.0. The van der Waals surface area contributed by atoms with Gasteiger partial charge in [-0.05, 0) is 0 Å². The molecule has 0 aromatic heterocycles. The summed E-state index contributed by atoms with van der Waals surface area (Å²) in [5.41, 5.74) is 6.14. The van der Waals surface area contributed by atoms with E-state index in [-0.39, 0.29) is 46.5 Å². The Balaban J connectivity index is -0.000000422. The number of rotatable bonds is 12. The predicted octanol–water partition coefficient (Wildman–Crippen LogP) is 2.19. The van der Waals surface area contributed by atoms with Gasteiger partial charge in [-0.25, -0.2) is 12.1 Å². The van der Waals surface area contributed by atoms with Crippen LogP contribution in [0, 0.1) is 0 Å². The topological polar surface area (TPSA) is 0 Å². The molecule has 3 heteroatoms. The second kappa shape index (κ2) is 22.7. The fraction of sp³-hybridized carbons (Fsp3) is 0.615. The Morgan fingerprint density at radius 2 is 0.931 bits per heavy atom. The molecule has 2 aromatic carbocycles. The van der Waals surface area contributed by atoms with Crippen LogP contribution in [-0.2, 0) is 47.4 Å². The molecule has 2 rings (SSSR count). The number of unbranched alkanes of at least 4 members (excludes halogenated alkanes) is 4. The summed E-state index contributed by atoms with van der Waals surface area (Å²) in [6, 6.07) is 13.9. The molecule has 0 spiro atoms. The van der Waals surface area contributed by atoms with Gasteiger partial charge in [0.25, 0.3) is 0 Å². The summed E-state index contributed by atoms with van der Waals surface area (Å²) < 4.78 is 0. The summed E-state index contributed by atoms with van der Waals surface area (Å²) in [5.74, 6) is 0. The van der Waals surface area contributed by atoms with E-state index in [1.807, 2.05) is 0 Å². The minimum Gasteiger partial charge on any atom is -1.00 e. The first-order valence-electron chi connectivity index (χ1n) is 11.2. The maximum absolute atomic E-state index is 2.38. The molecule has 0 aliphatic rings. The fourth-order valence-corrected chi connectivity index (χ4v) is 3.24. The van der Waals surface area contributed by atoms with Gasteiger partial charge in [-0.1, -0.05) is 105 Å². The van der Waals surface area contributed by atoms with E-state index in [9.17, 15) is 0 Å². The van der Waals surface area contributed by atoms with Crippen molar-refractivity contribution in [2.45, 2.75) is 105 Å². The van der Waals surface area contributed by atoms with Gasteiger partial charge in [0.2, 0.25) is 0 Å². The van der Waals surface area contributed by atoms with Crippen LogP contribution in [0.25, 0.3) is 0 Å². The molecule has 0 fully saturated rings. The van der Waals surface area contributed by atoms with Crippen LogP contribution in [0.5, 0.6) is 0 Å². The molecule has 0 aliphatic heterocycles. The van der Waals surface area contributed by atoms with Gasteiger partial charge in [-0.15, -0.1) is 0 Å². The van der Waals surface area contributed by atoms with Crippen LogP contribution in [0.15, 0.2) is 36.4 Å². The average molecular weight is 473 g/mol. The van der Waals surface area contributed by atoms with Gasteiger partial charge in [-0.3, -0.25) is 0 Å². The van der Waals surface area contributed by atoms with E-state index >= 15 is 0 Å². The van der Waals surface area contributed by atoms with Gasteiger partial charge in [-0.2, -0.15) is 46.5 Å². The van der Waals surface area contributed by atoms with Crippen molar-refractivity contribution in [2.24, 2.45) is 0 Å². The largest absolute Gasteiger partial charge is 4.00 e. The molecule has 29 heavy (non-hydrogen) atoms. The standard InChI is InChI=1S/2C13H21.2ClH.Ti/c2*1-3-5-7-12-9-10-13(11-12)8-6-4-2;;;/h2*9-11H,3-8H2,1-2H3;2*1H;/q2*-1;;;+4/p-2. The number of halogens is 2. The van der Waals surface area contributed by atoms with Crippen LogP contribution in [0.3, 0.4) is 0 Å². The van der Waals surface area contributed by atoms with Crippen molar-refractivity contribution in [3.8, 4) is 0 Å². The smallest absolute Gasteiger partial charge is 1.00 e. The Morgan fingerprint density at radius 1 is 0.586 bits per heavy atom. The molecule has 0 heterocycles. The van der Waals surface area contributed by atoms with E-state index in [4.69, 9.17) is 0 Å². The Labute approximate surface area is 209 Å². The van der Waals surface area contributed by atoms with E-state index in [0.717, 1.165) is 0 Å². The molecule has 0 saturated heterocycles. The minimum atomic E-state index is 0. The average Bonchev–Trinajstić information content (AvgIpc) is 3.31. The third-order valence-electron chi connectivity index (χ3n) is 5.04. The molecule has 0 N–H and O–H groups in total. The van der Waals surface area contributed by atoms with Gasteiger partial charge in [0.15, 0.2) is 0 Å². The van der Waals surface area contributed by atoms with E-state index in [1.54, 1.807) is 0 Å².